The number of hydrogen-bond acceptors (Lipinski definition) is 3. The van der Waals surface area contributed by atoms with E-state index >= 15 is 0 Å². The molecule has 1 saturated carbocycles. The summed E-state index contributed by atoms with van der Waals surface area (Å²) in [5.74, 6) is 0. The fourth-order valence-corrected chi connectivity index (χ4v) is 4.33. The van der Waals surface area contributed by atoms with E-state index in [2.05, 4.69) is 5.32 Å². The summed E-state index contributed by atoms with van der Waals surface area (Å²) in [6.07, 6.45) is 5.37. The monoisotopic (exact) mass is 189 g/mol. The minimum Gasteiger partial charge on any atom is -0.310 e. The van der Waals surface area contributed by atoms with Gasteiger partial charge in [0.1, 0.15) is 0 Å². The van der Waals surface area contributed by atoms with Gasteiger partial charge in [0.05, 0.1) is 5.25 Å². The maximum atomic E-state index is 11.4. The lowest BCUT2D eigenvalue weighted by atomic mass is 9.86. The zero-order valence-corrected chi connectivity index (χ0v) is 8.15. The van der Waals surface area contributed by atoms with E-state index in [9.17, 15) is 8.42 Å². The lowest BCUT2D eigenvalue weighted by Crippen LogP contribution is -2.63. The van der Waals surface area contributed by atoms with Crippen molar-refractivity contribution in [1.29, 1.82) is 0 Å². The van der Waals surface area contributed by atoms with Crippen LogP contribution in [0.3, 0.4) is 0 Å². The molecule has 0 amide bonds. The number of sulfone groups is 1. The Bertz CT molecular complexity index is 279. The Morgan fingerprint density at radius 1 is 1.42 bits per heavy atom. The van der Waals surface area contributed by atoms with E-state index in [1.807, 2.05) is 0 Å². The van der Waals surface area contributed by atoms with E-state index in [0.717, 1.165) is 32.2 Å². The second-order valence-electron chi connectivity index (χ2n) is 4.04. The lowest BCUT2D eigenvalue weighted by Gasteiger charge is -2.44. The van der Waals surface area contributed by atoms with Crippen molar-refractivity contribution >= 4 is 9.84 Å². The van der Waals surface area contributed by atoms with Crippen LogP contribution in [0, 0.1) is 0 Å². The molecule has 0 radical (unpaired) electrons. The highest BCUT2D eigenvalue weighted by Crippen LogP contribution is 2.40. The van der Waals surface area contributed by atoms with Crippen molar-refractivity contribution in [3.8, 4) is 0 Å². The molecule has 0 aromatic rings. The molecule has 4 heteroatoms. The Labute approximate surface area is 73.5 Å². The first-order chi connectivity index (χ1) is 5.55. The van der Waals surface area contributed by atoms with E-state index in [4.69, 9.17) is 0 Å². The van der Waals surface area contributed by atoms with Crippen LogP contribution in [0.15, 0.2) is 0 Å². The molecule has 1 saturated heterocycles. The van der Waals surface area contributed by atoms with Crippen LogP contribution < -0.4 is 5.32 Å². The van der Waals surface area contributed by atoms with Gasteiger partial charge < -0.3 is 5.32 Å². The SMILES string of the molecule is CS(=O)(=O)C1CCCC12CCN2. The molecular weight excluding hydrogens is 174 g/mol. The molecule has 2 unspecified atom stereocenters. The average molecular weight is 189 g/mol. The molecule has 12 heavy (non-hydrogen) atoms. The molecule has 70 valence electrons. The number of rotatable bonds is 1. The van der Waals surface area contributed by atoms with Crippen LogP contribution in [-0.4, -0.2) is 32.0 Å². The van der Waals surface area contributed by atoms with Gasteiger partial charge >= 0.3 is 0 Å². The third-order valence-electron chi connectivity index (χ3n) is 3.27. The first-order valence-corrected chi connectivity index (χ1v) is 6.44. The molecule has 0 aromatic carbocycles. The Balaban J connectivity index is 2.26. The number of nitrogens with one attached hydrogen (secondary N) is 1. The van der Waals surface area contributed by atoms with E-state index in [1.165, 1.54) is 6.26 Å². The Hall–Kier alpha value is -0.0900. The summed E-state index contributed by atoms with van der Waals surface area (Å²) in [6, 6.07) is 0. The summed E-state index contributed by atoms with van der Waals surface area (Å²) in [7, 11) is -2.83. The van der Waals surface area contributed by atoms with Gasteiger partial charge in [-0.3, -0.25) is 0 Å². The molecule has 3 nitrogen and oxygen atoms in total. The summed E-state index contributed by atoms with van der Waals surface area (Å²) in [5, 5.41) is 3.19. The minimum atomic E-state index is -2.83. The first-order valence-electron chi connectivity index (χ1n) is 4.48. The van der Waals surface area contributed by atoms with Gasteiger partial charge in [-0.1, -0.05) is 6.42 Å². The van der Waals surface area contributed by atoms with Gasteiger partial charge in [0, 0.05) is 11.8 Å². The summed E-state index contributed by atoms with van der Waals surface area (Å²) < 4.78 is 22.8. The molecule has 1 aliphatic carbocycles. The quantitative estimate of drug-likeness (QED) is 0.646. The summed E-state index contributed by atoms with van der Waals surface area (Å²) in [5.41, 5.74) is -0.0203. The molecular formula is C8H15NO2S. The minimum absolute atomic E-state index is 0.0203. The summed E-state index contributed by atoms with van der Waals surface area (Å²) in [6.45, 7) is 0.992. The largest absolute Gasteiger partial charge is 0.310 e. The van der Waals surface area contributed by atoms with Crippen molar-refractivity contribution in [3.05, 3.63) is 0 Å². The van der Waals surface area contributed by atoms with E-state index in [-0.39, 0.29) is 10.8 Å². The van der Waals surface area contributed by atoms with Gasteiger partial charge in [-0.15, -0.1) is 0 Å². The summed E-state index contributed by atoms with van der Waals surface area (Å²) >= 11 is 0. The fourth-order valence-electron chi connectivity index (χ4n) is 2.60. The second-order valence-corrected chi connectivity index (χ2v) is 6.27. The predicted molar refractivity (Wildman–Crippen MR) is 47.8 cm³/mol. The maximum absolute atomic E-state index is 11.4. The molecule has 1 aliphatic heterocycles. The molecule has 0 aromatic heterocycles. The van der Waals surface area contributed by atoms with Crippen LogP contribution in [0.1, 0.15) is 25.7 Å². The van der Waals surface area contributed by atoms with Gasteiger partial charge in [-0.05, 0) is 25.8 Å². The van der Waals surface area contributed by atoms with E-state index in [0.29, 0.717) is 0 Å². The molecule has 0 bridgehead atoms. The lowest BCUT2D eigenvalue weighted by molar-refractivity contribution is 0.217. The van der Waals surface area contributed by atoms with Gasteiger partial charge in [-0.2, -0.15) is 0 Å². The van der Waals surface area contributed by atoms with Crippen molar-refractivity contribution in [2.75, 3.05) is 12.8 Å². The summed E-state index contributed by atoms with van der Waals surface area (Å²) in [4.78, 5) is 0. The number of hydrogen-bond donors (Lipinski definition) is 1. The smallest absolute Gasteiger partial charge is 0.152 e. The van der Waals surface area contributed by atoms with Gasteiger partial charge in [-0.25, -0.2) is 8.42 Å². The topological polar surface area (TPSA) is 46.2 Å². The standard InChI is InChI=1S/C8H15NO2S/c1-12(10,11)7-3-2-4-8(7)5-6-9-8/h7,9H,2-6H2,1H3. The zero-order chi connectivity index (χ0) is 8.82. The fraction of sp³-hybridized carbons (Fsp3) is 1.00. The maximum Gasteiger partial charge on any atom is 0.152 e. The molecule has 2 atom stereocenters. The van der Waals surface area contributed by atoms with Crippen LogP contribution in [0.25, 0.3) is 0 Å². The first kappa shape index (κ1) is 8.51. The molecule has 1 N–H and O–H groups in total. The third-order valence-corrected chi connectivity index (χ3v) is 4.99. The van der Waals surface area contributed by atoms with Crippen molar-refractivity contribution in [3.63, 3.8) is 0 Å². The zero-order valence-electron chi connectivity index (χ0n) is 7.34. The highest BCUT2D eigenvalue weighted by Gasteiger charge is 2.51. The Kier molecular flexibility index (Phi) is 1.74. The van der Waals surface area contributed by atoms with Crippen LogP contribution in [-0.2, 0) is 9.84 Å². The molecule has 2 fully saturated rings. The van der Waals surface area contributed by atoms with Crippen LogP contribution >= 0.6 is 0 Å². The Morgan fingerprint density at radius 3 is 2.42 bits per heavy atom. The van der Waals surface area contributed by atoms with Crippen LogP contribution in [0.2, 0.25) is 0 Å². The van der Waals surface area contributed by atoms with Gasteiger partial charge in [0.15, 0.2) is 9.84 Å². The highest BCUT2D eigenvalue weighted by atomic mass is 32.2. The van der Waals surface area contributed by atoms with Crippen molar-refractivity contribution < 1.29 is 8.42 Å². The molecule has 1 heterocycles. The van der Waals surface area contributed by atoms with E-state index < -0.39 is 9.84 Å². The van der Waals surface area contributed by atoms with Crippen LogP contribution in [0.4, 0.5) is 0 Å². The van der Waals surface area contributed by atoms with E-state index in [1.54, 1.807) is 0 Å². The van der Waals surface area contributed by atoms with Crippen molar-refractivity contribution in [2.45, 2.75) is 36.5 Å². The highest BCUT2D eigenvalue weighted by molar-refractivity contribution is 7.91. The van der Waals surface area contributed by atoms with Crippen LogP contribution in [0.5, 0.6) is 0 Å². The third kappa shape index (κ3) is 1.09. The average Bonchev–Trinajstić information content (AvgIpc) is 2.25. The van der Waals surface area contributed by atoms with Crippen molar-refractivity contribution in [2.24, 2.45) is 0 Å². The van der Waals surface area contributed by atoms with Gasteiger partial charge in [0.25, 0.3) is 0 Å². The Morgan fingerprint density at radius 2 is 2.08 bits per heavy atom. The predicted octanol–water partition coefficient (Wildman–Crippen LogP) is 0.316. The molecule has 2 aliphatic rings. The normalized spacial score (nSPS) is 41.6. The molecule has 2 rings (SSSR count). The van der Waals surface area contributed by atoms with Gasteiger partial charge in [0.2, 0.25) is 0 Å². The second kappa shape index (κ2) is 2.45. The van der Waals surface area contributed by atoms with Crippen molar-refractivity contribution in [1.82, 2.24) is 5.32 Å². The molecule has 1 spiro atoms.